The first kappa shape index (κ1) is 27.6. The quantitative estimate of drug-likeness (QED) is 0.363. The fraction of sp³-hybridized carbons (Fsp3) is 0.765. The first-order chi connectivity index (χ1) is 18.7. The van der Waals surface area contributed by atoms with Gasteiger partial charge in [-0.05, 0) is 85.5 Å². The number of rotatable bonds is 3. The first-order valence-corrected chi connectivity index (χ1v) is 16.2. The number of hydrogen-bond acceptors (Lipinski definition) is 4. The van der Waals surface area contributed by atoms with Gasteiger partial charge in [0.25, 0.3) is 0 Å². The molecule has 5 nitrogen and oxygen atoms in total. The molecule has 0 amide bonds. The molecule has 4 fully saturated rings. The summed E-state index contributed by atoms with van der Waals surface area (Å²) in [5, 5.41) is 24.1. The van der Waals surface area contributed by atoms with Gasteiger partial charge in [-0.25, -0.2) is 0 Å². The predicted octanol–water partition coefficient (Wildman–Crippen LogP) is 5.34. The van der Waals surface area contributed by atoms with Gasteiger partial charge in [-0.2, -0.15) is 0 Å². The van der Waals surface area contributed by atoms with E-state index in [1.165, 1.54) is 46.6 Å². The van der Waals surface area contributed by atoms with Gasteiger partial charge < -0.3 is 26.0 Å². The van der Waals surface area contributed by atoms with Gasteiger partial charge in [0.05, 0.1) is 6.10 Å². The minimum absolute atomic E-state index is 0.226. The Morgan fingerprint density at radius 3 is 2.38 bits per heavy atom. The topological polar surface area (TPSA) is 72.1 Å². The van der Waals surface area contributed by atoms with E-state index in [-0.39, 0.29) is 6.10 Å². The summed E-state index contributed by atoms with van der Waals surface area (Å²) in [6.45, 7) is 18.8. The normalized spacial score (nSPS) is 46.1. The maximum absolute atomic E-state index is 11.7. The Morgan fingerprint density at radius 1 is 0.949 bits per heavy atom. The second-order valence-electron chi connectivity index (χ2n) is 14.0. The third-order valence-corrected chi connectivity index (χ3v) is 12.4. The summed E-state index contributed by atoms with van der Waals surface area (Å²) >= 11 is 0. The molecule has 1 saturated carbocycles. The lowest BCUT2D eigenvalue weighted by atomic mass is 9.75. The smallest absolute Gasteiger partial charge is 0.0615 e. The highest BCUT2D eigenvalue weighted by Gasteiger charge is 2.60. The number of nitrogens with one attached hydrogen (secondary N) is 4. The lowest BCUT2D eigenvalue weighted by Gasteiger charge is -2.34. The molecule has 5 aliphatic rings. The minimum Gasteiger partial charge on any atom is -0.392 e. The number of hydrogen-bond donors (Lipinski definition) is 5. The zero-order chi connectivity index (χ0) is 27.7. The Labute approximate surface area is 237 Å². The van der Waals surface area contributed by atoms with Crippen LogP contribution in [0.4, 0.5) is 0 Å². The minimum atomic E-state index is -0.226. The Morgan fingerprint density at radius 2 is 1.69 bits per heavy atom. The van der Waals surface area contributed by atoms with Crippen LogP contribution in [0.3, 0.4) is 0 Å². The zero-order valence-electron chi connectivity index (χ0n) is 25.6. The molecule has 0 spiro atoms. The summed E-state index contributed by atoms with van der Waals surface area (Å²) in [5.74, 6) is 3.37. The van der Waals surface area contributed by atoms with Crippen LogP contribution in [0.5, 0.6) is 0 Å². The van der Waals surface area contributed by atoms with Crippen LogP contribution in [0.2, 0.25) is 0 Å². The molecule has 6 rings (SSSR count). The van der Waals surface area contributed by atoms with Gasteiger partial charge in [-0.1, -0.05) is 54.0 Å². The van der Waals surface area contributed by atoms with Crippen molar-refractivity contribution >= 4 is 6.08 Å². The van der Waals surface area contributed by atoms with E-state index in [4.69, 9.17) is 0 Å². The third-order valence-electron chi connectivity index (χ3n) is 12.4. The standard InChI is InChI=1S/C34H54N4O/c1-9-12-23-18(6)26-13-24-16(4)21(10-2)28(35-24)14-25-17(5)22(11-3)29(36-25)15-27-19(7)31-33(38-27)30(32(23)37-26)20(8)34(31)39/h10,14,16,18-20,23-24,26-27,30-39H,9,11-13,15H2,1-8H3/b21-10+,28-14?. The summed E-state index contributed by atoms with van der Waals surface area (Å²) in [4.78, 5) is 3.89. The molecule has 3 saturated heterocycles. The number of aromatic amines is 1. The number of aromatic nitrogens is 1. The van der Waals surface area contributed by atoms with Crippen molar-refractivity contribution < 1.29 is 5.11 Å². The number of aliphatic hydroxyl groups excluding tert-OH is 1. The van der Waals surface area contributed by atoms with Gasteiger partial charge >= 0.3 is 0 Å². The average Bonchev–Trinajstić information content (AvgIpc) is 3.63. The average molecular weight is 535 g/mol. The summed E-state index contributed by atoms with van der Waals surface area (Å²) < 4.78 is 0. The molecule has 216 valence electrons. The maximum atomic E-state index is 11.7. The molecule has 13 atom stereocenters. The number of aliphatic hydroxyl groups is 1. The predicted molar refractivity (Wildman–Crippen MR) is 161 cm³/mol. The molecule has 5 heteroatoms. The van der Waals surface area contributed by atoms with E-state index < -0.39 is 0 Å². The number of allylic oxidation sites excluding steroid dienone is 2. The van der Waals surface area contributed by atoms with E-state index in [1.54, 1.807) is 0 Å². The van der Waals surface area contributed by atoms with Gasteiger partial charge in [-0.3, -0.25) is 0 Å². The lowest BCUT2D eigenvalue weighted by molar-refractivity contribution is 0.0659. The molecule has 4 aliphatic heterocycles. The Hall–Kier alpha value is -1.56. The Bertz CT molecular complexity index is 1130. The van der Waals surface area contributed by atoms with Crippen molar-refractivity contribution in [2.45, 2.75) is 124 Å². The molecular formula is C34H54N4O. The van der Waals surface area contributed by atoms with Crippen LogP contribution < -0.4 is 16.0 Å². The van der Waals surface area contributed by atoms with Crippen LogP contribution in [-0.4, -0.2) is 46.4 Å². The van der Waals surface area contributed by atoms with E-state index in [0.717, 1.165) is 19.3 Å². The maximum Gasteiger partial charge on any atom is 0.0615 e. The molecule has 8 bridgehead atoms. The highest BCUT2D eigenvalue weighted by Crippen LogP contribution is 2.51. The summed E-state index contributed by atoms with van der Waals surface area (Å²) in [7, 11) is 0. The second-order valence-corrected chi connectivity index (χ2v) is 14.0. The highest BCUT2D eigenvalue weighted by molar-refractivity contribution is 5.62. The molecule has 1 aliphatic carbocycles. The molecular weight excluding hydrogens is 480 g/mol. The molecule has 1 aromatic rings. The van der Waals surface area contributed by atoms with Crippen LogP contribution in [-0.2, 0) is 12.8 Å². The highest BCUT2D eigenvalue weighted by atomic mass is 16.3. The van der Waals surface area contributed by atoms with Crippen molar-refractivity contribution in [3.05, 3.63) is 39.9 Å². The molecule has 13 unspecified atom stereocenters. The van der Waals surface area contributed by atoms with Crippen LogP contribution in [0.1, 0.15) is 90.2 Å². The van der Waals surface area contributed by atoms with Crippen molar-refractivity contribution in [1.82, 2.24) is 20.9 Å². The SMILES string of the molecule is C/C=C1/C2=Cc3[nH]c(c(CC)c3C)CC3NC4C(C3C)C(O)C(C)C4C3NC(CC(N2)C1C)C(C)C3CCC. The Balaban J connectivity index is 1.46. The van der Waals surface area contributed by atoms with Crippen molar-refractivity contribution in [3.63, 3.8) is 0 Å². The van der Waals surface area contributed by atoms with Crippen molar-refractivity contribution in [2.75, 3.05) is 0 Å². The van der Waals surface area contributed by atoms with Gasteiger partial charge in [0, 0.05) is 65.6 Å². The van der Waals surface area contributed by atoms with E-state index in [9.17, 15) is 5.11 Å². The van der Waals surface area contributed by atoms with E-state index in [2.05, 4.69) is 88.5 Å². The lowest BCUT2D eigenvalue weighted by Crippen LogP contribution is -2.49. The zero-order valence-corrected chi connectivity index (χ0v) is 25.6. The first-order valence-electron chi connectivity index (χ1n) is 16.2. The fourth-order valence-corrected chi connectivity index (χ4v) is 10.1. The number of H-pyrrole nitrogens is 1. The van der Waals surface area contributed by atoms with Gasteiger partial charge in [-0.15, -0.1) is 0 Å². The van der Waals surface area contributed by atoms with Crippen LogP contribution >= 0.6 is 0 Å². The van der Waals surface area contributed by atoms with E-state index in [0.29, 0.717) is 71.6 Å². The van der Waals surface area contributed by atoms with Crippen LogP contribution in [0, 0.1) is 48.3 Å². The molecule has 39 heavy (non-hydrogen) atoms. The summed E-state index contributed by atoms with van der Waals surface area (Å²) in [5.41, 5.74) is 8.28. The van der Waals surface area contributed by atoms with Crippen molar-refractivity contribution in [2.24, 2.45) is 41.4 Å². The van der Waals surface area contributed by atoms with Crippen LogP contribution in [0.25, 0.3) is 6.08 Å². The van der Waals surface area contributed by atoms with Crippen LogP contribution in [0.15, 0.2) is 17.3 Å². The monoisotopic (exact) mass is 534 g/mol. The number of fused-ring (bicyclic) bond motifs is 8. The fourth-order valence-electron chi connectivity index (χ4n) is 10.1. The summed E-state index contributed by atoms with van der Waals surface area (Å²) in [6, 6.07) is 2.18. The third kappa shape index (κ3) is 4.20. The molecule has 5 heterocycles. The van der Waals surface area contributed by atoms with Gasteiger partial charge in [0.2, 0.25) is 0 Å². The molecule has 1 aromatic heterocycles. The van der Waals surface area contributed by atoms with Crippen molar-refractivity contribution in [1.29, 1.82) is 0 Å². The second kappa shape index (κ2) is 10.4. The van der Waals surface area contributed by atoms with E-state index >= 15 is 0 Å². The molecule has 0 aromatic carbocycles. The molecule has 0 radical (unpaired) electrons. The summed E-state index contributed by atoms with van der Waals surface area (Å²) in [6.07, 6.45) is 10.2. The van der Waals surface area contributed by atoms with Gasteiger partial charge in [0.1, 0.15) is 0 Å². The van der Waals surface area contributed by atoms with Crippen molar-refractivity contribution in [3.8, 4) is 0 Å². The largest absolute Gasteiger partial charge is 0.392 e. The van der Waals surface area contributed by atoms with Gasteiger partial charge in [0.15, 0.2) is 0 Å². The molecule has 5 N–H and O–H groups in total. The Kier molecular flexibility index (Phi) is 7.34. The van der Waals surface area contributed by atoms with E-state index in [1.807, 2.05) is 0 Å².